The summed E-state index contributed by atoms with van der Waals surface area (Å²) < 4.78 is 0. The Morgan fingerprint density at radius 1 is 1.12 bits per heavy atom. The van der Waals surface area contributed by atoms with Crippen LogP contribution in [0.2, 0.25) is 0 Å². The van der Waals surface area contributed by atoms with Crippen molar-refractivity contribution >= 4 is 11.7 Å². The number of fused-ring (bicyclic) bond motifs is 1. The van der Waals surface area contributed by atoms with Crippen molar-refractivity contribution in [1.82, 2.24) is 5.32 Å². The number of allylic oxidation sites excluding steroid dienone is 3. The molecule has 25 heavy (non-hydrogen) atoms. The van der Waals surface area contributed by atoms with E-state index in [0.717, 1.165) is 30.4 Å². The van der Waals surface area contributed by atoms with Crippen LogP contribution in [0.5, 0.6) is 0 Å². The lowest BCUT2D eigenvalue weighted by atomic mass is 9.67. The van der Waals surface area contributed by atoms with E-state index < -0.39 is 11.5 Å². The summed E-state index contributed by atoms with van der Waals surface area (Å²) in [6.45, 7) is 8.11. The summed E-state index contributed by atoms with van der Waals surface area (Å²) in [4.78, 5) is 25.5. The predicted octanol–water partition coefficient (Wildman–Crippen LogP) is 2.68. The molecule has 0 unspecified atom stereocenters. The number of rotatable bonds is 1. The molecule has 0 saturated heterocycles. The van der Waals surface area contributed by atoms with Crippen molar-refractivity contribution < 1.29 is 19.8 Å². The molecule has 3 atom stereocenters. The zero-order valence-corrected chi connectivity index (χ0v) is 15.2. The van der Waals surface area contributed by atoms with Crippen LogP contribution in [0.1, 0.15) is 53.4 Å². The molecule has 4 aliphatic rings. The number of ketones is 1. The first-order valence-corrected chi connectivity index (χ1v) is 9.09. The highest BCUT2D eigenvalue weighted by Gasteiger charge is 2.56. The van der Waals surface area contributed by atoms with Gasteiger partial charge >= 0.3 is 0 Å². The largest absolute Gasteiger partial charge is 0.504 e. The molecule has 1 aliphatic heterocycles. The lowest BCUT2D eigenvalue weighted by molar-refractivity contribution is -0.117. The van der Waals surface area contributed by atoms with Gasteiger partial charge in [-0.25, -0.2) is 0 Å². The highest BCUT2D eigenvalue weighted by Crippen LogP contribution is 2.60. The van der Waals surface area contributed by atoms with Crippen LogP contribution >= 0.6 is 0 Å². The fourth-order valence-corrected chi connectivity index (χ4v) is 5.57. The van der Waals surface area contributed by atoms with Crippen LogP contribution in [0.15, 0.2) is 33.7 Å². The molecule has 0 aromatic rings. The van der Waals surface area contributed by atoms with Gasteiger partial charge in [-0.1, -0.05) is 27.7 Å². The maximum atomic E-state index is 13.0. The average Bonchev–Trinajstić information content (AvgIpc) is 2.93. The van der Waals surface area contributed by atoms with Crippen molar-refractivity contribution in [2.45, 2.75) is 59.5 Å². The fraction of sp³-hybridized carbons (Fsp3) is 0.600. The van der Waals surface area contributed by atoms with Crippen LogP contribution in [-0.2, 0) is 9.59 Å². The lowest BCUT2D eigenvalue weighted by Gasteiger charge is -2.37. The molecule has 0 saturated carbocycles. The molecule has 1 heterocycles. The smallest absolute Gasteiger partial charge is 0.254 e. The molecule has 0 fully saturated rings. The third-order valence-electron chi connectivity index (χ3n) is 6.76. The summed E-state index contributed by atoms with van der Waals surface area (Å²) >= 11 is 0. The van der Waals surface area contributed by atoms with Gasteiger partial charge in [-0.05, 0) is 48.2 Å². The van der Waals surface area contributed by atoms with E-state index in [2.05, 4.69) is 12.2 Å². The van der Waals surface area contributed by atoms with E-state index in [1.54, 1.807) is 0 Å². The number of nitrogens with one attached hydrogen (secondary N) is 1. The van der Waals surface area contributed by atoms with Crippen LogP contribution in [-0.4, -0.2) is 28.0 Å². The Bertz CT molecular complexity index is 816. The number of carbonyl (C=O) groups excluding carboxylic acids is 2. The first-order chi connectivity index (χ1) is 11.6. The molecule has 0 radical (unpaired) electrons. The Balaban J connectivity index is 2.04. The van der Waals surface area contributed by atoms with Gasteiger partial charge in [0.05, 0.1) is 17.4 Å². The second-order valence-corrected chi connectivity index (χ2v) is 8.69. The normalized spacial score (nSPS) is 37.6. The third-order valence-corrected chi connectivity index (χ3v) is 6.76. The maximum Gasteiger partial charge on any atom is 0.254 e. The maximum absolute atomic E-state index is 13.0. The lowest BCUT2D eigenvalue weighted by Crippen LogP contribution is -2.32. The van der Waals surface area contributed by atoms with E-state index in [-0.39, 0.29) is 28.8 Å². The molecular weight excluding hydrogens is 318 g/mol. The molecule has 5 heteroatoms. The third kappa shape index (κ3) is 1.87. The minimum absolute atomic E-state index is 0.0381. The van der Waals surface area contributed by atoms with Gasteiger partial charge in [0.25, 0.3) is 5.91 Å². The summed E-state index contributed by atoms with van der Waals surface area (Å²) in [5.41, 5.74) is 2.24. The standard InChI is InChI=1S/C20H25NO4/c1-9(2)12-16(23)17(24)14-15-13-11(18(25)21-15)10(22)5-6-19(13,3)7-8-20(12,14)4/h9-10,22-23H,5-8H2,1-4H3,(H,21,25)/t10-,19-,20+/m0/s1. The summed E-state index contributed by atoms with van der Waals surface area (Å²) in [5, 5.41) is 23.8. The minimum Gasteiger partial charge on any atom is -0.504 e. The van der Waals surface area contributed by atoms with Crippen LogP contribution < -0.4 is 5.32 Å². The van der Waals surface area contributed by atoms with Crippen LogP contribution in [0, 0.1) is 16.7 Å². The minimum atomic E-state index is -0.784. The molecule has 3 N–H and O–H groups in total. The van der Waals surface area contributed by atoms with Crippen molar-refractivity contribution in [3.05, 3.63) is 33.7 Å². The molecule has 5 nitrogen and oxygen atoms in total. The Morgan fingerprint density at radius 3 is 2.44 bits per heavy atom. The first kappa shape index (κ1) is 16.6. The van der Waals surface area contributed by atoms with Gasteiger partial charge in [-0.15, -0.1) is 0 Å². The highest BCUT2D eigenvalue weighted by atomic mass is 16.3. The second kappa shape index (κ2) is 4.85. The van der Waals surface area contributed by atoms with E-state index in [4.69, 9.17) is 0 Å². The summed E-state index contributed by atoms with van der Waals surface area (Å²) in [6.07, 6.45) is 2.12. The van der Waals surface area contributed by atoms with Crippen LogP contribution in [0.3, 0.4) is 0 Å². The molecular formula is C20H25NO4. The van der Waals surface area contributed by atoms with Gasteiger partial charge in [0.15, 0.2) is 5.76 Å². The molecule has 0 aromatic heterocycles. The van der Waals surface area contributed by atoms with E-state index in [0.29, 0.717) is 23.3 Å². The van der Waals surface area contributed by atoms with Gasteiger partial charge < -0.3 is 15.5 Å². The monoisotopic (exact) mass is 343 g/mol. The van der Waals surface area contributed by atoms with Gasteiger partial charge in [0.2, 0.25) is 5.78 Å². The van der Waals surface area contributed by atoms with Crippen molar-refractivity contribution in [1.29, 1.82) is 0 Å². The van der Waals surface area contributed by atoms with Gasteiger partial charge in [0.1, 0.15) is 0 Å². The summed E-state index contributed by atoms with van der Waals surface area (Å²) in [5.74, 6) is -0.801. The summed E-state index contributed by atoms with van der Waals surface area (Å²) in [7, 11) is 0. The van der Waals surface area contributed by atoms with Crippen molar-refractivity contribution in [3.8, 4) is 0 Å². The second-order valence-electron chi connectivity index (χ2n) is 8.69. The Kier molecular flexibility index (Phi) is 3.21. The quantitative estimate of drug-likeness (QED) is 0.683. The molecule has 134 valence electrons. The van der Waals surface area contributed by atoms with Crippen molar-refractivity contribution in [2.75, 3.05) is 0 Å². The number of hydrogen-bond acceptors (Lipinski definition) is 4. The summed E-state index contributed by atoms with van der Waals surface area (Å²) in [6, 6.07) is 0. The van der Waals surface area contributed by atoms with Gasteiger partial charge in [-0.3, -0.25) is 9.59 Å². The highest BCUT2D eigenvalue weighted by molar-refractivity contribution is 6.15. The average molecular weight is 343 g/mol. The van der Waals surface area contributed by atoms with Crippen LogP contribution in [0.25, 0.3) is 0 Å². The van der Waals surface area contributed by atoms with Crippen molar-refractivity contribution in [3.63, 3.8) is 0 Å². The molecule has 0 aromatic carbocycles. The molecule has 3 aliphatic carbocycles. The number of Topliss-reactive ketones (excluding diaryl/α,β-unsaturated/α-hetero) is 1. The zero-order valence-electron chi connectivity index (χ0n) is 15.2. The predicted molar refractivity (Wildman–Crippen MR) is 92.4 cm³/mol. The molecule has 1 amide bonds. The number of amides is 1. The Morgan fingerprint density at radius 2 is 1.80 bits per heavy atom. The van der Waals surface area contributed by atoms with Gasteiger partial charge in [-0.2, -0.15) is 0 Å². The number of aliphatic hydroxyl groups excluding tert-OH is 2. The van der Waals surface area contributed by atoms with E-state index in [1.807, 2.05) is 20.8 Å². The van der Waals surface area contributed by atoms with Crippen molar-refractivity contribution in [2.24, 2.45) is 16.7 Å². The SMILES string of the molecule is CC(C)C1=C(O)C(=O)C2=C3NC(=O)C4=C3[C@@](C)(CC[C@@H]4O)CC[C@@]21C. The molecule has 0 bridgehead atoms. The van der Waals surface area contributed by atoms with E-state index in [1.165, 1.54) is 0 Å². The Labute approximate surface area is 147 Å². The zero-order chi connectivity index (χ0) is 18.3. The Hall–Kier alpha value is -1.88. The van der Waals surface area contributed by atoms with E-state index in [9.17, 15) is 19.8 Å². The number of hydrogen-bond donors (Lipinski definition) is 3. The number of aliphatic hydroxyl groups is 2. The first-order valence-electron chi connectivity index (χ1n) is 9.09. The van der Waals surface area contributed by atoms with Crippen LogP contribution in [0.4, 0.5) is 0 Å². The topological polar surface area (TPSA) is 86.6 Å². The molecule has 0 spiro atoms. The number of carbonyl (C=O) groups is 2. The molecule has 4 rings (SSSR count). The van der Waals surface area contributed by atoms with Gasteiger partial charge in [0, 0.05) is 11.0 Å². The fourth-order valence-electron chi connectivity index (χ4n) is 5.57. The van der Waals surface area contributed by atoms with E-state index >= 15 is 0 Å².